The Bertz CT molecular complexity index is 493. The Kier molecular flexibility index (Phi) is 6.21. The van der Waals surface area contributed by atoms with Gasteiger partial charge in [-0.15, -0.1) is 0 Å². The maximum atomic E-state index is 12.7. The van der Waals surface area contributed by atoms with Gasteiger partial charge in [0.1, 0.15) is 0 Å². The molecule has 2 rings (SSSR count). The highest BCUT2D eigenvalue weighted by Gasteiger charge is 2.27. The van der Waals surface area contributed by atoms with E-state index in [9.17, 15) is 4.79 Å². The number of nitrogens with zero attached hydrogens (tertiary/aromatic N) is 2. The van der Waals surface area contributed by atoms with Crippen LogP contribution in [0.1, 0.15) is 19.8 Å². The molecule has 22 heavy (non-hydrogen) atoms. The standard InChI is InChI=1S/C17H26N2O3/c1-14-8-10-18(2)15-6-4-5-7-16(15)19(14)17(20)9-11-22-13-12-21-3/h4-7,14H,8-13H2,1-3H3/t14-/m1/s1. The lowest BCUT2D eigenvalue weighted by Crippen LogP contribution is -2.39. The number of para-hydroxylation sites is 2. The molecule has 1 heterocycles. The lowest BCUT2D eigenvalue weighted by atomic mass is 10.1. The van der Waals surface area contributed by atoms with E-state index >= 15 is 0 Å². The van der Waals surface area contributed by atoms with Crippen LogP contribution >= 0.6 is 0 Å². The zero-order valence-electron chi connectivity index (χ0n) is 13.7. The fraction of sp³-hybridized carbons (Fsp3) is 0.588. The number of anilines is 2. The van der Waals surface area contributed by atoms with E-state index in [4.69, 9.17) is 9.47 Å². The predicted molar refractivity (Wildman–Crippen MR) is 88.6 cm³/mol. The van der Waals surface area contributed by atoms with Gasteiger partial charge in [0.15, 0.2) is 0 Å². The molecule has 1 aliphatic rings. The van der Waals surface area contributed by atoms with E-state index in [2.05, 4.69) is 24.9 Å². The van der Waals surface area contributed by atoms with Crippen LogP contribution in [0.2, 0.25) is 0 Å². The monoisotopic (exact) mass is 306 g/mol. The molecule has 0 unspecified atom stereocenters. The summed E-state index contributed by atoms with van der Waals surface area (Å²) in [7, 11) is 3.72. The average Bonchev–Trinajstić information content (AvgIpc) is 2.65. The van der Waals surface area contributed by atoms with Crippen molar-refractivity contribution in [2.24, 2.45) is 0 Å². The molecule has 122 valence electrons. The van der Waals surface area contributed by atoms with Crippen LogP contribution in [-0.4, -0.2) is 52.5 Å². The third kappa shape index (κ3) is 3.99. The van der Waals surface area contributed by atoms with Gasteiger partial charge in [-0.2, -0.15) is 0 Å². The van der Waals surface area contributed by atoms with Gasteiger partial charge in [0.2, 0.25) is 5.91 Å². The molecular formula is C17H26N2O3. The molecule has 0 saturated heterocycles. The smallest absolute Gasteiger partial charge is 0.229 e. The molecule has 0 radical (unpaired) electrons. The number of ether oxygens (including phenoxy) is 2. The summed E-state index contributed by atoms with van der Waals surface area (Å²) >= 11 is 0. The molecule has 0 fully saturated rings. The molecule has 5 heteroatoms. The normalized spacial score (nSPS) is 18.0. The third-order valence-corrected chi connectivity index (χ3v) is 4.04. The number of carbonyl (C=O) groups excluding carboxylic acids is 1. The van der Waals surface area contributed by atoms with Crippen molar-refractivity contribution in [2.45, 2.75) is 25.8 Å². The number of rotatable bonds is 6. The molecular weight excluding hydrogens is 280 g/mol. The summed E-state index contributed by atoms with van der Waals surface area (Å²) in [5, 5.41) is 0. The lowest BCUT2D eigenvalue weighted by Gasteiger charge is -2.28. The molecule has 5 nitrogen and oxygen atoms in total. The molecule has 1 aromatic carbocycles. The Morgan fingerprint density at radius 3 is 2.68 bits per heavy atom. The largest absolute Gasteiger partial charge is 0.382 e. The second-order valence-corrected chi connectivity index (χ2v) is 5.67. The Hall–Kier alpha value is -1.59. The number of hydrogen-bond acceptors (Lipinski definition) is 4. The van der Waals surface area contributed by atoms with Crippen molar-refractivity contribution < 1.29 is 14.3 Å². The zero-order valence-corrected chi connectivity index (χ0v) is 13.7. The van der Waals surface area contributed by atoms with E-state index in [1.807, 2.05) is 23.1 Å². The van der Waals surface area contributed by atoms with Crippen LogP contribution < -0.4 is 9.80 Å². The molecule has 0 bridgehead atoms. The molecule has 0 N–H and O–H groups in total. The first-order chi connectivity index (χ1) is 10.6. The first-order valence-electron chi connectivity index (χ1n) is 7.84. The second kappa shape index (κ2) is 8.15. The first-order valence-corrected chi connectivity index (χ1v) is 7.84. The number of fused-ring (bicyclic) bond motifs is 1. The van der Waals surface area contributed by atoms with Gasteiger partial charge in [0, 0.05) is 26.7 Å². The molecule has 1 atom stereocenters. The molecule has 0 aliphatic carbocycles. The van der Waals surface area contributed by atoms with E-state index in [0.717, 1.165) is 24.3 Å². The van der Waals surface area contributed by atoms with Crippen molar-refractivity contribution in [1.29, 1.82) is 0 Å². The third-order valence-electron chi connectivity index (χ3n) is 4.04. The van der Waals surface area contributed by atoms with Gasteiger partial charge in [-0.25, -0.2) is 0 Å². The summed E-state index contributed by atoms with van der Waals surface area (Å²) < 4.78 is 10.4. The molecule has 0 spiro atoms. The number of benzene rings is 1. The molecule has 1 aromatic rings. The van der Waals surface area contributed by atoms with E-state index in [0.29, 0.717) is 26.2 Å². The van der Waals surface area contributed by atoms with E-state index in [-0.39, 0.29) is 11.9 Å². The van der Waals surface area contributed by atoms with Gasteiger partial charge in [-0.1, -0.05) is 12.1 Å². The van der Waals surface area contributed by atoms with Crippen LogP contribution in [0.3, 0.4) is 0 Å². The topological polar surface area (TPSA) is 42.0 Å². The lowest BCUT2D eigenvalue weighted by molar-refractivity contribution is -0.120. The minimum atomic E-state index is 0.118. The minimum absolute atomic E-state index is 0.118. The van der Waals surface area contributed by atoms with Gasteiger partial charge >= 0.3 is 0 Å². The number of amides is 1. The summed E-state index contributed by atoms with van der Waals surface area (Å²) in [5.74, 6) is 0.118. The highest BCUT2D eigenvalue weighted by Crippen LogP contribution is 2.33. The highest BCUT2D eigenvalue weighted by atomic mass is 16.5. The SMILES string of the molecule is COCCOCCC(=O)N1c2ccccc2N(C)CC[C@H]1C. The fourth-order valence-corrected chi connectivity index (χ4v) is 2.76. The van der Waals surface area contributed by atoms with E-state index < -0.39 is 0 Å². The molecule has 0 aromatic heterocycles. The van der Waals surface area contributed by atoms with E-state index in [1.54, 1.807) is 7.11 Å². The second-order valence-electron chi connectivity index (χ2n) is 5.67. The summed E-state index contributed by atoms with van der Waals surface area (Å²) in [5.41, 5.74) is 2.11. The Balaban J connectivity index is 2.07. The summed E-state index contributed by atoms with van der Waals surface area (Å²) in [6, 6.07) is 8.29. The van der Waals surface area contributed by atoms with Gasteiger partial charge in [-0.05, 0) is 25.5 Å². The van der Waals surface area contributed by atoms with Gasteiger partial charge in [0.05, 0.1) is 37.6 Å². The van der Waals surface area contributed by atoms with Crippen LogP contribution in [0.5, 0.6) is 0 Å². The van der Waals surface area contributed by atoms with Crippen molar-refractivity contribution in [2.75, 3.05) is 50.3 Å². The van der Waals surface area contributed by atoms with E-state index in [1.165, 1.54) is 0 Å². The maximum Gasteiger partial charge on any atom is 0.229 e. The summed E-state index contributed by atoms with van der Waals surface area (Å²) in [6.07, 6.45) is 1.35. The van der Waals surface area contributed by atoms with Gasteiger partial charge in [0.25, 0.3) is 0 Å². The van der Waals surface area contributed by atoms with Crippen LogP contribution in [0.4, 0.5) is 11.4 Å². The molecule has 1 aliphatic heterocycles. The Labute approximate surface area is 132 Å². The van der Waals surface area contributed by atoms with Crippen LogP contribution in [0.15, 0.2) is 24.3 Å². The molecule has 1 amide bonds. The van der Waals surface area contributed by atoms with Gasteiger partial charge in [-0.3, -0.25) is 4.79 Å². The quantitative estimate of drug-likeness (QED) is 0.756. The van der Waals surface area contributed by atoms with Crippen LogP contribution in [0, 0.1) is 0 Å². The van der Waals surface area contributed by atoms with Crippen molar-refractivity contribution >= 4 is 17.3 Å². The van der Waals surface area contributed by atoms with Crippen LogP contribution in [0.25, 0.3) is 0 Å². The average molecular weight is 306 g/mol. The minimum Gasteiger partial charge on any atom is -0.382 e. The maximum absolute atomic E-state index is 12.7. The van der Waals surface area contributed by atoms with Gasteiger partial charge < -0.3 is 19.3 Å². The van der Waals surface area contributed by atoms with Crippen molar-refractivity contribution in [3.63, 3.8) is 0 Å². The number of carbonyl (C=O) groups is 1. The van der Waals surface area contributed by atoms with Crippen molar-refractivity contribution in [3.05, 3.63) is 24.3 Å². The highest BCUT2D eigenvalue weighted by molar-refractivity contribution is 5.97. The van der Waals surface area contributed by atoms with Crippen molar-refractivity contribution in [1.82, 2.24) is 0 Å². The number of hydrogen-bond donors (Lipinski definition) is 0. The Morgan fingerprint density at radius 1 is 1.23 bits per heavy atom. The molecule has 0 saturated carbocycles. The summed E-state index contributed by atoms with van der Waals surface area (Å²) in [6.45, 7) is 4.58. The Morgan fingerprint density at radius 2 is 1.95 bits per heavy atom. The fourth-order valence-electron chi connectivity index (χ4n) is 2.76. The predicted octanol–water partition coefficient (Wildman–Crippen LogP) is 2.30. The first kappa shape index (κ1) is 16.8. The summed E-state index contributed by atoms with van der Waals surface area (Å²) in [4.78, 5) is 16.8. The zero-order chi connectivity index (χ0) is 15.9. The number of methoxy groups -OCH3 is 1. The van der Waals surface area contributed by atoms with Crippen molar-refractivity contribution in [3.8, 4) is 0 Å². The van der Waals surface area contributed by atoms with Crippen LogP contribution in [-0.2, 0) is 14.3 Å².